The van der Waals surface area contributed by atoms with E-state index in [1.807, 2.05) is 0 Å². The Morgan fingerprint density at radius 1 is 1.00 bits per heavy atom. The molecule has 0 unspecified atom stereocenters. The Bertz CT molecular complexity index is 417. The van der Waals surface area contributed by atoms with Crippen LogP contribution in [0.25, 0.3) is 6.08 Å². The van der Waals surface area contributed by atoms with Crippen LogP contribution in [0.1, 0.15) is 11.1 Å². The molecular weight excluding hydrogens is 236 g/mol. The monoisotopic (exact) mass is 258 g/mol. The third-order valence-corrected chi connectivity index (χ3v) is 3.55. The zero-order valence-corrected chi connectivity index (χ0v) is 11.6. The van der Waals surface area contributed by atoms with Crippen molar-refractivity contribution in [1.82, 2.24) is 9.80 Å². The van der Waals surface area contributed by atoms with Crippen LogP contribution >= 0.6 is 0 Å². The number of aryl methyl sites for hydroxylation is 1. The predicted octanol–water partition coefficient (Wildman–Crippen LogP) is 1.82. The van der Waals surface area contributed by atoms with E-state index >= 15 is 0 Å². The second kappa shape index (κ2) is 7.22. The molecule has 1 aliphatic rings. The summed E-state index contributed by atoms with van der Waals surface area (Å²) in [6.07, 6.45) is 5.39. The molecule has 1 fully saturated rings. The van der Waals surface area contributed by atoms with Gasteiger partial charge in [-0.05, 0) is 12.5 Å². The van der Waals surface area contributed by atoms with E-state index in [0.29, 0.717) is 6.54 Å². The summed E-state index contributed by atoms with van der Waals surface area (Å²) in [5.41, 5.74) is 2.55. The first kappa shape index (κ1) is 14.0. The lowest BCUT2D eigenvalue weighted by atomic mass is 10.1. The first-order valence-electron chi connectivity index (χ1n) is 6.89. The molecule has 1 heterocycles. The van der Waals surface area contributed by atoms with Gasteiger partial charge in [-0.2, -0.15) is 0 Å². The SMILES string of the molecule is Cc1ccc(/C=C/CN2CCN(CC=O)CC2)cc1. The molecule has 2 rings (SSSR count). The van der Waals surface area contributed by atoms with Crippen molar-refractivity contribution in [2.24, 2.45) is 0 Å². The van der Waals surface area contributed by atoms with Crippen LogP contribution in [0.15, 0.2) is 30.3 Å². The molecule has 0 aliphatic carbocycles. The molecule has 19 heavy (non-hydrogen) atoms. The molecule has 102 valence electrons. The molecule has 0 spiro atoms. The Kier molecular flexibility index (Phi) is 5.31. The maximum absolute atomic E-state index is 10.4. The number of carbonyl (C=O) groups is 1. The number of aldehydes is 1. The largest absolute Gasteiger partial charge is 0.302 e. The average molecular weight is 258 g/mol. The summed E-state index contributed by atoms with van der Waals surface area (Å²) in [5, 5.41) is 0. The fourth-order valence-corrected chi connectivity index (χ4v) is 2.28. The number of hydrogen-bond acceptors (Lipinski definition) is 3. The van der Waals surface area contributed by atoms with Crippen molar-refractivity contribution in [2.75, 3.05) is 39.3 Å². The summed E-state index contributed by atoms with van der Waals surface area (Å²) in [7, 11) is 0. The van der Waals surface area contributed by atoms with Gasteiger partial charge in [-0.1, -0.05) is 42.0 Å². The molecule has 1 aliphatic heterocycles. The number of hydrogen-bond donors (Lipinski definition) is 0. The Labute approximate surface area is 115 Å². The van der Waals surface area contributed by atoms with Crippen LogP contribution in [0.4, 0.5) is 0 Å². The average Bonchev–Trinajstić information content (AvgIpc) is 2.43. The highest BCUT2D eigenvalue weighted by Crippen LogP contribution is 2.06. The minimum Gasteiger partial charge on any atom is -0.302 e. The summed E-state index contributed by atoms with van der Waals surface area (Å²) in [4.78, 5) is 15.1. The second-order valence-corrected chi connectivity index (χ2v) is 5.08. The van der Waals surface area contributed by atoms with Crippen LogP contribution in [-0.2, 0) is 4.79 Å². The number of carbonyl (C=O) groups excluding carboxylic acids is 1. The maximum Gasteiger partial charge on any atom is 0.133 e. The van der Waals surface area contributed by atoms with E-state index in [2.05, 4.69) is 53.1 Å². The molecule has 1 aromatic carbocycles. The van der Waals surface area contributed by atoms with Crippen LogP contribution in [0, 0.1) is 6.92 Å². The molecule has 3 heteroatoms. The van der Waals surface area contributed by atoms with Crippen LogP contribution in [0.2, 0.25) is 0 Å². The Morgan fingerprint density at radius 3 is 2.16 bits per heavy atom. The summed E-state index contributed by atoms with van der Waals surface area (Å²) in [6.45, 7) is 7.76. The summed E-state index contributed by atoms with van der Waals surface area (Å²) >= 11 is 0. The first-order chi connectivity index (χ1) is 9.28. The third-order valence-electron chi connectivity index (χ3n) is 3.55. The molecule has 0 N–H and O–H groups in total. The van der Waals surface area contributed by atoms with Crippen molar-refractivity contribution in [3.8, 4) is 0 Å². The lowest BCUT2D eigenvalue weighted by Gasteiger charge is -2.32. The van der Waals surface area contributed by atoms with Crippen LogP contribution in [0.3, 0.4) is 0 Å². The zero-order valence-electron chi connectivity index (χ0n) is 11.6. The molecule has 3 nitrogen and oxygen atoms in total. The number of rotatable bonds is 5. The molecular formula is C16H22N2O. The lowest BCUT2D eigenvalue weighted by molar-refractivity contribution is -0.109. The van der Waals surface area contributed by atoms with Crippen molar-refractivity contribution in [3.05, 3.63) is 41.5 Å². The van der Waals surface area contributed by atoms with Crippen LogP contribution < -0.4 is 0 Å². The van der Waals surface area contributed by atoms with Crippen molar-refractivity contribution in [3.63, 3.8) is 0 Å². The summed E-state index contributed by atoms with van der Waals surface area (Å²) < 4.78 is 0. The number of piperazine rings is 1. The predicted molar refractivity (Wildman–Crippen MR) is 79.2 cm³/mol. The van der Waals surface area contributed by atoms with E-state index in [0.717, 1.165) is 39.0 Å². The van der Waals surface area contributed by atoms with E-state index in [4.69, 9.17) is 0 Å². The van der Waals surface area contributed by atoms with Gasteiger partial charge >= 0.3 is 0 Å². The minimum absolute atomic E-state index is 0.576. The van der Waals surface area contributed by atoms with Gasteiger partial charge in [0.15, 0.2) is 0 Å². The Balaban J connectivity index is 1.74. The van der Waals surface area contributed by atoms with E-state index in [1.54, 1.807) is 0 Å². The molecule has 1 saturated heterocycles. The van der Waals surface area contributed by atoms with Gasteiger partial charge in [0.2, 0.25) is 0 Å². The van der Waals surface area contributed by atoms with Crippen molar-refractivity contribution in [1.29, 1.82) is 0 Å². The van der Waals surface area contributed by atoms with Gasteiger partial charge in [0.05, 0.1) is 6.54 Å². The van der Waals surface area contributed by atoms with Gasteiger partial charge in [0.1, 0.15) is 6.29 Å². The van der Waals surface area contributed by atoms with Crippen molar-refractivity contribution >= 4 is 12.4 Å². The van der Waals surface area contributed by atoms with Crippen LogP contribution in [-0.4, -0.2) is 55.4 Å². The van der Waals surface area contributed by atoms with Crippen LogP contribution in [0.5, 0.6) is 0 Å². The quantitative estimate of drug-likeness (QED) is 0.753. The smallest absolute Gasteiger partial charge is 0.133 e. The lowest BCUT2D eigenvalue weighted by Crippen LogP contribution is -2.46. The Hall–Kier alpha value is -1.45. The van der Waals surface area contributed by atoms with Crippen molar-refractivity contribution < 1.29 is 4.79 Å². The van der Waals surface area contributed by atoms with Gasteiger partial charge < -0.3 is 4.79 Å². The molecule has 0 radical (unpaired) electrons. The summed E-state index contributed by atoms with van der Waals surface area (Å²) in [5.74, 6) is 0. The van der Waals surface area contributed by atoms with E-state index in [1.165, 1.54) is 11.1 Å². The minimum atomic E-state index is 0.576. The van der Waals surface area contributed by atoms with Gasteiger partial charge in [0, 0.05) is 32.7 Å². The standard InChI is InChI=1S/C16H22N2O/c1-15-4-6-16(7-5-15)3-2-8-17-9-11-18(12-10-17)13-14-19/h2-7,14H,8-13H2,1H3/b3-2+. The molecule has 0 atom stereocenters. The normalized spacial score (nSPS) is 17.9. The highest BCUT2D eigenvalue weighted by molar-refractivity contribution is 5.52. The van der Waals surface area contributed by atoms with Gasteiger partial charge in [0.25, 0.3) is 0 Å². The molecule has 0 bridgehead atoms. The summed E-state index contributed by atoms with van der Waals surface area (Å²) in [6, 6.07) is 8.57. The van der Waals surface area contributed by atoms with E-state index in [9.17, 15) is 4.79 Å². The maximum atomic E-state index is 10.4. The number of nitrogens with zero attached hydrogens (tertiary/aromatic N) is 2. The zero-order chi connectivity index (χ0) is 13.5. The highest BCUT2D eigenvalue weighted by atomic mass is 16.1. The second-order valence-electron chi connectivity index (χ2n) is 5.08. The molecule has 0 saturated carbocycles. The van der Waals surface area contributed by atoms with Gasteiger partial charge in [-0.3, -0.25) is 9.80 Å². The Morgan fingerprint density at radius 2 is 1.58 bits per heavy atom. The fourth-order valence-electron chi connectivity index (χ4n) is 2.28. The van der Waals surface area contributed by atoms with Gasteiger partial charge in [-0.15, -0.1) is 0 Å². The topological polar surface area (TPSA) is 23.6 Å². The number of benzene rings is 1. The molecule has 0 aromatic heterocycles. The highest BCUT2D eigenvalue weighted by Gasteiger charge is 2.14. The molecule has 1 aromatic rings. The fraction of sp³-hybridized carbons (Fsp3) is 0.438. The first-order valence-corrected chi connectivity index (χ1v) is 6.89. The van der Waals surface area contributed by atoms with Crippen molar-refractivity contribution in [2.45, 2.75) is 6.92 Å². The third kappa shape index (κ3) is 4.62. The van der Waals surface area contributed by atoms with E-state index < -0.39 is 0 Å². The van der Waals surface area contributed by atoms with Gasteiger partial charge in [-0.25, -0.2) is 0 Å². The van der Waals surface area contributed by atoms with E-state index in [-0.39, 0.29) is 0 Å². The molecule has 0 amide bonds.